The third-order valence-corrected chi connectivity index (χ3v) is 5.14. The fourth-order valence-corrected chi connectivity index (χ4v) is 3.52. The Bertz CT molecular complexity index is 909. The van der Waals surface area contributed by atoms with Crippen molar-refractivity contribution in [1.82, 2.24) is 4.98 Å². The molecule has 0 aliphatic carbocycles. The molecule has 1 amide bonds. The van der Waals surface area contributed by atoms with Crippen molar-refractivity contribution in [1.29, 1.82) is 0 Å². The SMILES string of the molecule is CCCCCOc1ccc(C(=O)Nc2ncc(Cc3ccccc3F)s2)cc1. The predicted octanol–water partition coefficient (Wildman–Crippen LogP) is 5.69. The van der Waals surface area contributed by atoms with Gasteiger partial charge >= 0.3 is 0 Å². The highest BCUT2D eigenvalue weighted by atomic mass is 32.1. The van der Waals surface area contributed by atoms with E-state index in [9.17, 15) is 9.18 Å². The fourth-order valence-electron chi connectivity index (χ4n) is 2.69. The van der Waals surface area contributed by atoms with Gasteiger partial charge in [-0.25, -0.2) is 9.37 Å². The number of rotatable bonds is 9. The van der Waals surface area contributed by atoms with E-state index in [2.05, 4.69) is 17.2 Å². The van der Waals surface area contributed by atoms with Crippen molar-refractivity contribution in [2.75, 3.05) is 11.9 Å². The van der Waals surface area contributed by atoms with Crippen LogP contribution in [0.15, 0.2) is 54.7 Å². The van der Waals surface area contributed by atoms with E-state index in [1.165, 1.54) is 17.4 Å². The first-order valence-corrected chi connectivity index (χ1v) is 10.2. The molecule has 0 unspecified atom stereocenters. The lowest BCUT2D eigenvalue weighted by Gasteiger charge is -2.07. The minimum atomic E-state index is -0.238. The number of anilines is 1. The van der Waals surface area contributed by atoms with Crippen LogP contribution < -0.4 is 10.1 Å². The Kier molecular flexibility index (Phi) is 7.14. The molecule has 3 aromatic rings. The molecule has 0 saturated carbocycles. The standard InChI is InChI=1S/C22H23FN2O2S/c1-2-3-6-13-27-18-11-9-16(10-12-18)21(26)25-22-24-15-19(28-22)14-17-7-4-5-8-20(17)23/h4-5,7-12,15H,2-3,6,13-14H2,1H3,(H,24,25,26). The van der Waals surface area contributed by atoms with Crippen molar-refractivity contribution < 1.29 is 13.9 Å². The molecule has 0 aliphatic rings. The van der Waals surface area contributed by atoms with Crippen molar-refractivity contribution in [3.8, 4) is 5.75 Å². The lowest BCUT2D eigenvalue weighted by Crippen LogP contribution is -2.11. The molecule has 2 aromatic carbocycles. The van der Waals surface area contributed by atoms with Crippen LogP contribution in [0.3, 0.4) is 0 Å². The summed E-state index contributed by atoms with van der Waals surface area (Å²) < 4.78 is 19.4. The van der Waals surface area contributed by atoms with Gasteiger partial charge in [-0.2, -0.15) is 0 Å². The minimum absolute atomic E-state index is 0.232. The number of nitrogens with zero attached hydrogens (tertiary/aromatic N) is 1. The van der Waals surface area contributed by atoms with Crippen LogP contribution in [0.25, 0.3) is 0 Å². The molecular formula is C22H23FN2O2S. The van der Waals surface area contributed by atoms with E-state index < -0.39 is 0 Å². The van der Waals surface area contributed by atoms with Crippen molar-refractivity contribution in [3.63, 3.8) is 0 Å². The Morgan fingerprint density at radius 2 is 1.93 bits per heavy atom. The van der Waals surface area contributed by atoms with E-state index in [-0.39, 0.29) is 11.7 Å². The Labute approximate surface area is 168 Å². The van der Waals surface area contributed by atoms with Gasteiger partial charge in [-0.15, -0.1) is 11.3 Å². The molecule has 6 heteroatoms. The number of carbonyl (C=O) groups is 1. The topological polar surface area (TPSA) is 51.2 Å². The molecule has 0 bridgehead atoms. The number of aromatic nitrogens is 1. The summed E-state index contributed by atoms with van der Waals surface area (Å²) in [7, 11) is 0. The fraction of sp³-hybridized carbons (Fsp3) is 0.273. The molecule has 1 aromatic heterocycles. The van der Waals surface area contributed by atoms with Gasteiger partial charge in [0.2, 0.25) is 0 Å². The summed E-state index contributed by atoms with van der Waals surface area (Å²) >= 11 is 1.34. The van der Waals surface area contributed by atoms with E-state index in [1.807, 2.05) is 0 Å². The maximum Gasteiger partial charge on any atom is 0.257 e. The van der Waals surface area contributed by atoms with Gasteiger partial charge in [0.25, 0.3) is 5.91 Å². The van der Waals surface area contributed by atoms with Crippen LogP contribution in [0.2, 0.25) is 0 Å². The second-order valence-corrected chi connectivity index (χ2v) is 7.55. The predicted molar refractivity (Wildman–Crippen MR) is 111 cm³/mol. The van der Waals surface area contributed by atoms with Gasteiger partial charge in [0.15, 0.2) is 5.13 Å². The second-order valence-electron chi connectivity index (χ2n) is 6.43. The number of thiazole rings is 1. The number of hydrogen-bond acceptors (Lipinski definition) is 4. The third kappa shape index (κ3) is 5.63. The maximum absolute atomic E-state index is 13.8. The first-order valence-electron chi connectivity index (χ1n) is 9.38. The Hall–Kier alpha value is -2.73. The molecule has 0 atom stereocenters. The average molecular weight is 399 g/mol. The number of ether oxygens (including phenoxy) is 1. The molecule has 0 fully saturated rings. The maximum atomic E-state index is 13.8. The highest BCUT2D eigenvalue weighted by Crippen LogP contribution is 2.23. The number of benzene rings is 2. The lowest BCUT2D eigenvalue weighted by molar-refractivity contribution is 0.102. The second kappa shape index (κ2) is 9.99. The van der Waals surface area contributed by atoms with Crippen LogP contribution in [0.4, 0.5) is 9.52 Å². The van der Waals surface area contributed by atoms with Crippen LogP contribution in [-0.4, -0.2) is 17.5 Å². The summed E-state index contributed by atoms with van der Waals surface area (Å²) in [6.45, 7) is 2.84. The lowest BCUT2D eigenvalue weighted by atomic mass is 10.1. The summed E-state index contributed by atoms with van der Waals surface area (Å²) in [6, 6.07) is 13.7. The van der Waals surface area contributed by atoms with E-state index in [0.29, 0.717) is 29.3 Å². The van der Waals surface area contributed by atoms with Gasteiger partial charge in [0, 0.05) is 23.1 Å². The largest absolute Gasteiger partial charge is 0.494 e. The highest BCUT2D eigenvalue weighted by Gasteiger charge is 2.11. The highest BCUT2D eigenvalue weighted by molar-refractivity contribution is 7.15. The average Bonchev–Trinajstić information content (AvgIpc) is 3.14. The van der Waals surface area contributed by atoms with Crippen molar-refractivity contribution in [3.05, 3.63) is 76.5 Å². The van der Waals surface area contributed by atoms with Crippen LogP contribution in [0.5, 0.6) is 5.75 Å². The molecule has 0 spiro atoms. The van der Waals surface area contributed by atoms with Gasteiger partial charge < -0.3 is 4.74 Å². The van der Waals surface area contributed by atoms with Crippen LogP contribution in [-0.2, 0) is 6.42 Å². The zero-order chi connectivity index (χ0) is 19.8. The zero-order valence-corrected chi connectivity index (χ0v) is 16.6. The summed E-state index contributed by atoms with van der Waals surface area (Å²) in [5.74, 6) is 0.289. The van der Waals surface area contributed by atoms with Crippen LogP contribution >= 0.6 is 11.3 Å². The van der Waals surface area contributed by atoms with Crippen molar-refractivity contribution >= 4 is 22.4 Å². The molecule has 0 saturated heterocycles. The van der Waals surface area contributed by atoms with Crippen LogP contribution in [0.1, 0.15) is 47.0 Å². The normalized spacial score (nSPS) is 10.6. The third-order valence-electron chi connectivity index (χ3n) is 4.23. The summed E-state index contributed by atoms with van der Waals surface area (Å²) in [5, 5.41) is 3.29. The zero-order valence-electron chi connectivity index (χ0n) is 15.8. The quantitative estimate of drug-likeness (QED) is 0.471. The molecule has 0 aliphatic heterocycles. The molecule has 146 valence electrons. The monoisotopic (exact) mass is 398 g/mol. The molecule has 1 N–H and O–H groups in total. The van der Waals surface area contributed by atoms with Gasteiger partial charge in [-0.1, -0.05) is 38.0 Å². The van der Waals surface area contributed by atoms with Crippen LogP contribution in [0, 0.1) is 5.82 Å². The number of nitrogens with one attached hydrogen (secondary N) is 1. The Morgan fingerprint density at radius 3 is 2.68 bits per heavy atom. The summed E-state index contributed by atoms with van der Waals surface area (Å²) in [4.78, 5) is 17.5. The molecule has 1 heterocycles. The Morgan fingerprint density at radius 1 is 1.14 bits per heavy atom. The number of carbonyl (C=O) groups excluding carboxylic acids is 1. The van der Waals surface area contributed by atoms with Crippen molar-refractivity contribution in [2.45, 2.75) is 32.6 Å². The van der Waals surface area contributed by atoms with Gasteiger partial charge in [0.05, 0.1) is 6.61 Å². The van der Waals surface area contributed by atoms with E-state index in [4.69, 9.17) is 4.74 Å². The smallest absolute Gasteiger partial charge is 0.257 e. The first-order chi connectivity index (χ1) is 13.7. The number of unbranched alkanes of at least 4 members (excludes halogenated alkanes) is 2. The van der Waals surface area contributed by atoms with E-state index in [0.717, 1.165) is 29.9 Å². The molecule has 4 nitrogen and oxygen atoms in total. The Balaban J connectivity index is 1.55. The number of halogens is 1. The molecule has 3 rings (SSSR count). The summed E-state index contributed by atoms with van der Waals surface area (Å²) in [6.07, 6.45) is 5.44. The molecule has 28 heavy (non-hydrogen) atoms. The van der Waals surface area contributed by atoms with E-state index in [1.54, 1.807) is 48.7 Å². The van der Waals surface area contributed by atoms with Gasteiger partial charge in [-0.05, 0) is 42.3 Å². The minimum Gasteiger partial charge on any atom is -0.494 e. The molecule has 0 radical (unpaired) electrons. The van der Waals surface area contributed by atoms with Gasteiger partial charge in [-0.3, -0.25) is 10.1 Å². The number of amides is 1. The van der Waals surface area contributed by atoms with Crippen molar-refractivity contribution in [2.24, 2.45) is 0 Å². The molecular weight excluding hydrogens is 375 g/mol. The first kappa shape index (κ1) is 20.0. The summed E-state index contributed by atoms with van der Waals surface area (Å²) in [5.41, 5.74) is 1.14. The van der Waals surface area contributed by atoms with E-state index >= 15 is 0 Å². The van der Waals surface area contributed by atoms with Gasteiger partial charge in [0.1, 0.15) is 11.6 Å². The number of hydrogen-bond donors (Lipinski definition) is 1.